The van der Waals surface area contributed by atoms with Gasteiger partial charge in [0.1, 0.15) is 16.7 Å². The maximum atomic E-state index is 13.4. The van der Waals surface area contributed by atoms with E-state index in [1.54, 1.807) is 6.07 Å². The van der Waals surface area contributed by atoms with Crippen molar-refractivity contribution < 1.29 is 23.1 Å². The van der Waals surface area contributed by atoms with E-state index in [-0.39, 0.29) is 38.5 Å². The first kappa shape index (κ1) is 22.2. The van der Waals surface area contributed by atoms with E-state index in [4.69, 9.17) is 16.3 Å². The van der Waals surface area contributed by atoms with Gasteiger partial charge >= 0.3 is 5.97 Å². The predicted molar refractivity (Wildman–Crippen MR) is 120 cm³/mol. The number of piperidine rings is 1. The number of rotatable bonds is 1. The van der Waals surface area contributed by atoms with Gasteiger partial charge in [-0.25, -0.2) is 13.2 Å². The summed E-state index contributed by atoms with van der Waals surface area (Å²) < 4.78 is 35.1. The number of benzene rings is 2. The van der Waals surface area contributed by atoms with Gasteiger partial charge in [0.25, 0.3) is 10.0 Å². The fourth-order valence-electron chi connectivity index (χ4n) is 4.26. The minimum atomic E-state index is -4.23. The summed E-state index contributed by atoms with van der Waals surface area (Å²) in [7, 11) is -4.23. The highest BCUT2D eigenvalue weighted by molar-refractivity contribution is 7.92. The first-order chi connectivity index (χ1) is 15.3. The van der Waals surface area contributed by atoms with Gasteiger partial charge in [0, 0.05) is 12.6 Å². The molecule has 0 spiro atoms. The van der Waals surface area contributed by atoms with Crippen LogP contribution in [0.15, 0.2) is 35.2 Å². The third-order valence-electron chi connectivity index (χ3n) is 5.81. The topological polar surface area (TPSA) is 120 Å². The smallest absolute Gasteiger partial charge is 0.335 e. The summed E-state index contributed by atoms with van der Waals surface area (Å²) in [5.74, 6) is -1.16. The van der Waals surface area contributed by atoms with Crippen molar-refractivity contribution >= 4 is 39.0 Å². The van der Waals surface area contributed by atoms with Crippen LogP contribution in [0.1, 0.15) is 48.0 Å². The summed E-state index contributed by atoms with van der Waals surface area (Å²) >= 11 is 6.31. The van der Waals surface area contributed by atoms with Gasteiger partial charge in [0.05, 0.1) is 34.1 Å². The van der Waals surface area contributed by atoms with Gasteiger partial charge in [0.15, 0.2) is 0 Å². The van der Waals surface area contributed by atoms with Crippen LogP contribution >= 0.6 is 11.6 Å². The fourth-order valence-corrected chi connectivity index (χ4v) is 5.69. The third-order valence-corrected chi connectivity index (χ3v) is 7.51. The van der Waals surface area contributed by atoms with Crippen LogP contribution in [0.4, 0.5) is 11.4 Å². The number of fused-ring (bicyclic) bond motifs is 4. The van der Waals surface area contributed by atoms with Crippen LogP contribution in [-0.2, 0) is 10.0 Å². The number of hydrogen-bond donors (Lipinski definition) is 2. The molecule has 0 bridgehead atoms. The van der Waals surface area contributed by atoms with Crippen molar-refractivity contribution in [3.05, 3.63) is 46.5 Å². The van der Waals surface area contributed by atoms with Crippen LogP contribution in [0.2, 0.25) is 5.02 Å². The van der Waals surface area contributed by atoms with Gasteiger partial charge in [-0.15, -0.1) is 0 Å². The maximum Gasteiger partial charge on any atom is 0.335 e. The van der Waals surface area contributed by atoms with Crippen molar-refractivity contribution in [3.63, 3.8) is 0 Å². The predicted octanol–water partition coefficient (Wildman–Crippen LogP) is 4.24. The zero-order valence-electron chi connectivity index (χ0n) is 17.2. The number of nitriles is 1. The molecule has 4 rings (SSSR count). The lowest BCUT2D eigenvalue weighted by Gasteiger charge is -2.39. The third kappa shape index (κ3) is 4.33. The van der Waals surface area contributed by atoms with Crippen molar-refractivity contribution in [3.8, 4) is 11.8 Å². The number of nitrogens with zero attached hydrogens (tertiary/aromatic N) is 2. The minimum absolute atomic E-state index is 0.0830. The van der Waals surface area contributed by atoms with Crippen LogP contribution in [0, 0.1) is 11.3 Å². The number of hydrogen-bond acceptors (Lipinski definition) is 6. The lowest BCUT2D eigenvalue weighted by molar-refractivity contribution is 0.0696. The highest BCUT2D eigenvalue weighted by atomic mass is 35.5. The number of sulfonamides is 1. The van der Waals surface area contributed by atoms with E-state index in [9.17, 15) is 23.6 Å². The van der Waals surface area contributed by atoms with Gasteiger partial charge < -0.3 is 14.7 Å². The molecule has 0 aliphatic carbocycles. The Bertz CT molecular complexity index is 1210. The summed E-state index contributed by atoms with van der Waals surface area (Å²) in [6.45, 7) is 1.04. The number of carbonyl (C=O) groups is 1. The average molecular weight is 476 g/mol. The highest BCUT2D eigenvalue weighted by Gasteiger charge is 2.29. The zero-order chi connectivity index (χ0) is 22.9. The van der Waals surface area contributed by atoms with E-state index in [0.717, 1.165) is 38.3 Å². The largest absolute Gasteiger partial charge is 0.492 e. The van der Waals surface area contributed by atoms with Crippen LogP contribution in [0.5, 0.6) is 5.75 Å². The molecule has 2 aromatic carbocycles. The van der Waals surface area contributed by atoms with E-state index < -0.39 is 16.0 Å². The molecule has 2 aromatic rings. The number of halogens is 1. The molecule has 2 heterocycles. The lowest BCUT2D eigenvalue weighted by Crippen LogP contribution is -2.40. The molecule has 2 aliphatic rings. The Labute approximate surface area is 191 Å². The maximum absolute atomic E-state index is 13.4. The van der Waals surface area contributed by atoms with E-state index in [0.29, 0.717) is 18.7 Å². The Hall–Kier alpha value is -2.96. The number of nitrogens with one attached hydrogen (secondary N) is 1. The SMILES string of the molecule is N#Cc1cc2c(cc1Cl)N1CCCCC1CCCOc1ccc(C(=O)O)cc1S(=O)(=O)N2. The van der Waals surface area contributed by atoms with Crippen LogP contribution < -0.4 is 14.4 Å². The number of aromatic carboxylic acids is 1. The van der Waals surface area contributed by atoms with Crippen molar-refractivity contribution in [1.82, 2.24) is 0 Å². The molecule has 0 saturated carbocycles. The molecule has 1 unspecified atom stereocenters. The minimum Gasteiger partial charge on any atom is -0.492 e. The number of carboxylic acid groups (broad SMARTS) is 1. The second-order valence-electron chi connectivity index (χ2n) is 7.87. The Kier molecular flexibility index (Phi) is 6.17. The van der Waals surface area contributed by atoms with Crippen molar-refractivity contribution in [2.75, 3.05) is 22.8 Å². The van der Waals surface area contributed by atoms with Gasteiger partial charge in [-0.1, -0.05) is 11.6 Å². The van der Waals surface area contributed by atoms with Gasteiger partial charge in [0.2, 0.25) is 0 Å². The second kappa shape index (κ2) is 8.88. The van der Waals surface area contributed by atoms with Crippen LogP contribution in [0.3, 0.4) is 0 Å². The molecule has 2 N–H and O–H groups in total. The van der Waals surface area contributed by atoms with E-state index in [2.05, 4.69) is 9.62 Å². The Morgan fingerprint density at radius 1 is 1.22 bits per heavy atom. The van der Waals surface area contributed by atoms with Crippen molar-refractivity contribution in [2.24, 2.45) is 0 Å². The Balaban J connectivity index is 1.89. The Morgan fingerprint density at radius 3 is 2.75 bits per heavy atom. The molecule has 1 saturated heterocycles. The second-order valence-corrected chi connectivity index (χ2v) is 9.92. The van der Waals surface area contributed by atoms with Crippen molar-refractivity contribution in [2.45, 2.75) is 43.0 Å². The van der Waals surface area contributed by atoms with Gasteiger partial charge in [-0.2, -0.15) is 5.26 Å². The molecular weight excluding hydrogens is 454 g/mol. The molecule has 8 nitrogen and oxygen atoms in total. The first-order valence-corrected chi connectivity index (χ1v) is 12.2. The number of carboxylic acids is 1. The molecule has 10 heteroatoms. The molecule has 1 atom stereocenters. The molecule has 1 fully saturated rings. The quantitative estimate of drug-likeness (QED) is 0.632. The average Bonchev–Trinajstić information content (AvgIpc) is 2.77. The summed E-state index contributed by atoms with van der Waals surface area (Å²) in [5, 5.41) is 19.0. The van der Waals surface area contributed by atoms with Crippen molar-refractivity contribution in [1.29, 1.82) is 5.26 Å². The fraction of sp³-hybridized carbons (Fsp3) is 0.364. The first-order valence-electron chi connectivity index (χ1n) is 10.3. The summed E-state index contributed by atoms with van der Waals surface area (Å²) in [4.78, 5) is 13.3. The van der Waals surface area contributed by atoms with Gasteiger partial charge in [-0.05, 0) is 62.4 Å². The highest BCUT2D eigenvalue weighted by Crippen LogP contribution is 2.39. The summed E-state index contributed by atoms with van der Waals surface area (Å²) in [5.41, 5.74) is 0.810. The standard InChI is InChI=1S/C22H22ClN3O5S/c23-17-12-19-18(10-15(17)13-24)25-32(29,30)21-11-14(22(27)28)6-7-20(21)31-9-3-5-16-4-1-2-8-26(16)19/h6-7,10-12,16,25H,1-5,8-9H2,(H,27,28). The molecular formula is C22H22ClN3O5S. The number of anilines is 2. The molecule has 168 valence electrons. The van der Waals surface area contributed by atoms with E-state index >= 15 is 0 Å². The molecule has 0 amide bonds. The Morgan fingerprint density at radius 2 is 2.00 bits per heavy atom. The zero-order valence-corrected chi connectivity index (χ0v) is 18.7. The molecule has 2 aliphatic heterocycles. The van der Waals surface area contributed by atoms with Crippen LogP contribution in [0.25, 0.3) is 0 Å². The van der Waals surface area contributed by atoms with Gasteiger partial charge in [-0.3, -0.25) is 4.72 Å². The molecule has 0 radical (unpaired) electrons. The lowest BCUT2D eigenvalue weighted by atomic mass is 9.96. The van der Waals surface area contributed by atoms with E-state index in [1.165, 1.54) is 18.2 Å². The number of ether oxygens (including phenoxy) is 1. The molecule has 0 aromatic heterocycles. The molecule has 32 heavy (non-hydrogen) atoms. The van der Waals surface area contributed by atoms with E-state index in [1.807, 2.05) is 6.07 Å². The normalized spacial score (nSPS) is 20.0. The summed E-state index contributed by atoms with van der Waals surface area (Å²) in [6, 6.07) is 8.98. The van der Waals surface area contributed by atoms with Crippen LogP contribution in [-0.4, -0.2) is 38.7 Å². The monoisotopic (exact) mass is 475 g/mol. The summed E-state index contributed by atoms with van der Waals surface area (Å²) in [6.07, 6.45) is 4.54.